The summed E-state index contributed by atoms with van der Waals surface area (Å²) >= 11 is 6.05. The quantitative estimate of drug-likeness (QED) is 0.631. The fourth-order valence-electron chi connectivity index (χ4n) is 3.70. The smallest absolute Gasteiger partial charge is 0.313 e. The van der Waals surface area contributed by atoms with Crippen LogP contribution >= 0.6 is 11.6 Å². The second kappa shape index (κ2) is 9.76. The Hall–Kier alpha value is -2.57. The van der Waals surface area contributed by atoms with Crippen molar-refractivity contribution in [3.8, 4) is 0 Å². The summed E-state index contributed by atoms with van der Waals surface area (Å²) in [7, 11) is 4.02. The fourth-order valence-corrected chi connectivity index (χ4v) is 3.88. The molecule has 1 heterocycles. The van der Waals surface area contributed by atoms with Crippen LogP contribution in [-0.2, 0) is 9.59 Å². The average molecular weight is 416 g/mol. The number of nitrogens with one attached hydrogen (secondary N) is 3. The molecule has 0 unspecified atom stereocenters. The number of para-hydroxylation sites is 1. The van der Waals surface area contributed by atoms with Gasteiger partial charge < -0.3 is 20.4 Å². The van der Waals surface area contributed by atoms with Gasteiger partial charge in [-0.1, -0.05) is 35.9 Å². The Kier molecular flexibility index (Phi) is 7.12. The Balaban J connectivity index is 1.65. The molecule has 1 aliphatic rings. The van der Waals surface area contributed by atoms with E-state index in [1.54, 1.807) is 24.3 Å². The zero-order valence-electron chi connectivity index (χ0n) is 16.9. The molecule has 2 aromatic rings. The lowest BCUT2D eigenvalue weighted by Crippen LogP contribution is -3.11. The molecule has 6 nitrogen and oxygen atoms in total. The van der Waals surface area contributed by atoms with Crippen LogP contribution in [0.25, 0.3) is 0 Å². The second-order valence-corrected chi connectivity index (χ2v) is 7.96. The number of rotatable bonds is 6. The molecule has 7 heteroatoms. The highest BCUT2D eigenvalue weighted by Gasteiger charge is 2.28. The van der Waals surface area contributed by atoms with Crippen molar-refractivity contribution in [3.63, 3.8) is 0 Å². The topological polar surface area (TPSA) is 65.9 Å². The Morgan fingerprint density at radius 2 is 1.69 bits per heavy atom. The number of carbonyl (C=O) groups is 2. The predicted octanol–water partition coefficient (Wildman–Crippen LogP) is 1.88. The molecular formula is C22H28ClN4O2+. The molecule has 0 bridgehead atoms. The van der Waals surface area contributed by atoms with Crippen molar-refractivity contribution >= 4 is 34.8 Å². The fraction of sp³-hybridized carbons (Fsp3) is 0.364. The van der Waals surface area contributed by atoms with Gasteiger partial charge in [0.05, 0.1) is 30.3 Å². The second-order valence-electron chi connectivity index (χ2n) is 7.55. The van der Waals surface area contributed by atoms with E-state index in [9.17, 15) is 9.59 Å². The highest BCUT2D eigenvalue weighted by atomic mass is 35.5. The van der Waals surface area contributed by atoms with Gasteiger partial charge in [-0.05, 0) is 24.3 Å². The molecule has 1 atom stereocenters. The van der Waals surface area contributed by atoms with E-state index in [1.807, 2.05) is 14.1 Å². The highest BCUT2D eigenvalue weighted by Crippen LogP contribution is 2.20. The monoisotopic (exact) mass is 415 g/mol. The number of benzene rings is 2. The molecule has 3 rings (SSSR count). The summed E-state index contributed by atoms with van der Waals surface area (Å²) in [5.41, 5.74) is 2.72. The zero-order chi connectivity index (χ0) is 20.8. The molecule has 1 aliphatic heterocycles. The van der Waals surface area contributed by atoms with Crippen LogP contribution in [0.2, 0.25) is 5.02 Å². The summed E-state index contributed by atoms with van der Waals surface area (Å²) in [6.45, 7) is 2.55. The molecule has 2 aromatic carbocycles. The van der Waals surface area contributed by atoms with Crippen LogP contribution in [0.15, 0.2) is 48.5 Å². The van der Waals surface area contributed by atoms with Crippen LogP contribution in [0.1, 0.15) is 24.4 Å². The summed E-state index contributed by atoms with van der Waals surface area (Å²) < 4.78 is 0. The van der Waals surface area contributed by atoms with Gasteiger partial charge in [-0.15, -0.1) is 0 Å². The first-order valence-corrected chi connectivity index (χ1v) is 10.3. The van der Waals surface area contributed by atoms with Gasteiger partial charge in [0.2, 0.25) is 0 Å². The third kappa shape index (κ3) is 5.49. The van der Waals surface area contributed by atoms with E-state index in [-0.39, 0.29) is 6.04 Å². The number of nitrogens with zero attached hydrogens (tertiary/aromatic N) is 1. The van der Waals surface area contributed by atoms with Gasteiger partial charge in [0.1, 0.15) is 6.04 Å². The van der Waals surface area contributed by atoms with Crippen molar-refractivity contribution in [2.75, 3.05) is 43.9 Å². The van der Waals surface area contributed by atoms with E-state index in [0.29, 0.717) is 17.3 Å². The van der Waals surface area contributed by atoms with Crippen molar-refractivity contribution in [1.29, 1.82) is 0 Å². The number of carbonyl (C=O) groups excluding carboxylic acids is 2. The largest absolute Gasteiger partial charge is 0.378 e. The van der Waals surface area contributed by atoms with Crippen molar-refractivity contribution < 1.29 is 14.5 Å². The number of hydrogen-bond donors (Lipinski definition) is 3. The van der Waals surface area contributed by atoms with Crippen LogP contribution in [0.4, 0.5) is 11.4 Å². The Labute approximate surface area is 176 Å². The number of amides is 2. The molecule has 0 spiro atoms. The third-order valence-electron chi connectivity index (χ3n) is 5.35. The van der Waals surface area contributed by atoms with E-state index >= 15 is 0 Å². The van der Waals surface area contributed by atoms with E-state index in [0.717, 1.165) is 18.8 Å². The molecule has 1 fully saturated rings. The average Bonchev–Trinajstić information content (AvgIpc) is 3.24. The molecule has 3 N–H and O–H groups in total. The van der Waals surface area contributed by atoms with E-state index in [1.165, 1.54) is 23.3 Å². The lowest BCUT2D eigenvalue weighted by atomic mass is 10.0. The van der Waals surface area contributed by atoms with Crippen LogP contribution in [0.3, 0.4) is 0 Å². The maximum atomic E-state index is 12.4. The minimum Gasteiger partial charge on any atom is -0.378 e. The number of hydrogen-bond acceptors (Lipinski definition) is 3. The summed E-state index contributed by atoms with van der Waals surface area (Å²) in [6, 6.07) is 15.4. The molecule has 29 heavy (non-hydrogen) atoms. The molecule has 2 amide bonds. The maximum absolute atomic E-state index is 12.4. The van der Waals surface area contributed by atoms with E-state index in [4.69, 9.17) is 11.6 Å². The standard InChI is InChI=1S/C22H27ClN4O2/c1-26(2)17-11-9-16(10-12-17)20(27-13-5-6-14-27)15-24-21(28)22(29)25-19-8-4-3-7-18(19)23/h3-4,7-12,20H,5-6,13-15H2,1-2H3,(H,24,28)(H,25,29)/p+1/t20-/m1/s1. The number of anilines is 2. The lowest BCUT2D eigenvalue weighted by molar-refractivity contribution is -0.918. The molecule has 154 valence electrons. The summed E-state index contributed by atoms with van der Waals surface area (Å²) in [4.78, 5) is 28.1. The van der Waals surface area contributed by atoms with E-state index < -0.39 is 11.8 Å². The van der Waals surface area contributed by atoms with Gasteiger partial charge in [0, 0.05) is 38.2 Å². The predicted molar refractivity (Wildman–Crippen MR) is 117 cm³/mol. The molecule has 0 radical (unpaired) electrons. The number of likely N-dealkylation sites (tertiary alicyclic amines) is 1. The van der Waals surface area contributed by atoms with Gasteiger partial charge in [-0.3, -0.25) is 9.59 Å². The minimum absolute atomic E-state index is 0.116. The van der Waals surface area contributed by atoms with Crippen LogP contribution in [0.5, 0.6) is 0 Å². The molecule has 0 aliphatic carbocycles. The maximum Gasteiger partial charge on any atom is 0.313 e. The zero-order valence-corrected chi connectivity index (χ0v) is 17.6. The van der Waals surface area contributed by atoms with E-state index in [2.05, 4.69) is 39.8 Å². The molecular weight excluding hydrogens is 388 g/mol. The Bertz CT molecular complexity index is 848. The minimum atomic E-state index is -0.712. The van der Waals surface area contributed by atoms with Gasteiger partial charge >= 0.3 is 11.8 Å². The molecule has 0 aromatic heterocycles. The lowest BCUT2D eigenvalue weighted by Gasteiger charge is -2.25. The number of halogens is 1. The first-order chi connectivity index (χ1) is 14.0. The number of quaternary nitrogens is 1. The SMILES string of the molecule is CN(C)c1ccc([C@@H](CNC(=O)C(=O)Nc2ccccc2Cl)[NH+]2CCCC2)cc1. The van der Waals surface area contributed by atoms with Crippen LogP contribution < -0.4 is 20.4 Å². The first-order valence-electron chi connectivity index (χ1n) is 9.91. The van der Waals surface area contributed by atoms with Crippen molar-refractivity contribution in [3.05, 3.63) is 59.1 Å². The van der Waals surface area contributed by atoms with Crippen LogP contribution in [-0.4, -0.2) is 45.5 Å². The highest BCUT2D eigenvalue weighted by molar-refractivity contribution is 6.41. The van der Waals surface area contributed by atoms with Gasteiger partial charge in [-0.25, -0.2) is 0 Å². The van der Waals surface area contributed by atoms with Gasteiger partial charge in [0.15, 0.2) is 0 Å². The van der Waals surface area contributed by atoms with Crippen LogP contribution in [0, 0.1) is 0 Å². The molecule has 0 saturated carbocycles. The summed E-state index contributed by atoms with van der Waals surface area (Å²) in [6.07, 6.45) is 2.37. The Morgan fingerprint density at radius 1 is 1.03 bits per heavy atom. The normalized spacial score (nSPS) is 15.0. The van der Waals surface area contributed by atoms with Gasteiger partial charge in [0.25, 0.3) is 0 Å². The van der Waals surface area contributed by atoms with Gasteiger partial charge in [-0.2, -0.15) is 0 Å². The van der Waals surface area contributed by atoms with Crippen molar-refractivity contribution in [2.45, 2.75) is 18.9 Å². The molecule has 1 saturated heterocycles. The van der Waals surface area contributed by atoms with Crippen molar-refractivity contribution in [2.24, 2.45) is 0 Å². The summed E-state index contributed by atoms with van der Waals surface area (Å²) in [5, 5.41) is 5.77. The summed E-state index contributed by atoms with van der Waals surface area (Å²) in [5.74, 6) is -1.37. The Morgan fingerprint density at radius 3 is 2.31 bits per heavy atom. The third-order valence-corrected chi connectivity index (χ3v) is 5.68. The van der Waals surface area contributed by atoms with Crippen molar-refractivity contribution in [1.82, 2.24) is 5.32 Å². The first kappa shape index (κ1) is 21.1.